The molecule has 0 amide bonds. The molecule has 0 saturated carbocycles. The van der Waals surface area contributed by atoms with Gasteiger partial charge >= 0.3 is 0 Å². The maximum Gasteiger partial charge on any atom is 0.124 e. The van der Waals surface area contributed by atoms with Gasteiger partial charge in [-0.1, -0.05) is 22.0 Å². The van der Waals surface area contributed by atoms with E-state index < -0.39 is 0 Å². The van der Waals surface area contributed by atoms with Gasteiger partial charge in [0.1, 0.15) is 5.75 Å². The van der Waals surface area contributed by atoms with Gasteiger partial charge in [0.2, 0.25) is 0 Å². The summed E-state index contributed by atoms with van der Waals surface area (Å²) in [6, 6.07) is 4.04. The van der Waals surface area contributed by atoms with Crippen LogP contribution in [0.1, 0.15) is 11.1 Å². The van der Waals surface area contributed by atoms with Crippen molar-refractivity contribution in [3.8, 4) is 5.75 Å². The zero-order valence-corrected chi connectivity index (χ0v) is 9.73. The molecule has 1 rings (SSSR count). The highest BCUT2D eigenvalue weighted by Crippen LogP contribution is 2.29. The summed E-state index contributed by atoms with van der Waals surface area (Å²) in [6.45, 7) is 2.88. The molecule has 1 N–H and O–H groups in total. The Morgan fingerprint density at radius 3 is 2.69 bits per heavy atom. The fraction of sp³-hybridized carbons (Fsp3) is 0.400. The third-order valence-corrected chi connectivity index (χ3v) is 3.07. The van der Waals surface area contributed by atoms with Crippen LogP contribution in [-0.2, 0) is 6.54 Å². The van der Waals surface area contributed by atoms with E-state index in [1.807, 2.05) is 19.2 Å². The highest BCUT2D eigenvalue weighted by atomic mass is 79.9. The van der Waals surface area contributed by atoms with Gasteiger partial charge in [-0.05, 0) is 25.6 Å². The Hall–Kier alpha value is -0.540. The normalized spacial score (nSPS) is 10.2. The van der Waals surface area contributed by atoms with Crippen LogP contribution in [0.15, 0.2) is 16.6 Å². The van der Waals surface area contributed by atoms with Crippen molar-refractivity contribution in [3.05, 3.63) is 27.7 Å². The van der Waals surface area contributed by atoms with Gasteiger partial charge in [0.25, 0.3) is 0 Å². The average molecular weight is 244 g/mol. The highest BCUT2D eigenvalue weighted by molar-refractivity contribution is 9.10. The van der Waals surface area contributed by atoms with Gasteiger partial charge in [-0.25, -0.2) is 0 Å². The number of ether oxygens (including phenoxy) is 1. The van der Waals surface area contributed by atoms with Crippen molar-refractivity contribution in [3.63, 3.8) is 0 Å². The predicted molar refractivity (Wildman–Crippen MR) is 58.2 cm³/mol. The number of methoxy groups -OCH3 is 1. The van der Waals surface area contributed by atoms with E-state index in [4.69, 9.17) is 4.74 Å². The molecule has 1 aromatic carbocycles. The summed E-state index contributed by atoms with van der Waals surface area (Å²) in [5.74, 6) is 0.923. The molecular weight excluding hydrogens is 230 g/mol. The van der Waals surface area contributed by atoms with Crippen molar-refractivity contribution >= 4 is 15.9 Å². The molecule has 0 aliphatic carbocycles. The van der Waals surface area contributed by atoms with Gasteiger partial charge < -0.3 is 10.1 Å². The van der Waals surface area contributed by atoms with Crippen LogP contribution < -0.4 is 10.1 Å². The summed E-state index contributed by atoms with van der Waals surface area (Å²) in [4.78, 5) is 0. The lowest BCUT2D eigenvalue weighted by atomic mass is 10.1. The van der Waals surface area contributed by atoms with Gasteiger partial charge in [0.15, 0.2) is 0 Å². The second-order valence-corrected chi connectivity index (χ2v) is 3.70. The van der Waals surface area contributed by atoms with Crippen LogP contribution in [0.2, 0.25) is 0 Å². The van der Waals surface area contributed by atoms with Crippen LogP contribution in [0.5, 0.6) is 5.75 Å². The molecule has 0 radical (unpaired) electrons. The van der Waals surface area contributed by atoms with Crippen molar-refractivity contribution in [2.75, 3.05) is 14.2 Å². The summed E-state index contributed by atoms with van der Waals surface area (Å²) in [5, 5.41) is 3.12. The van der Waals surface area contributed by atoms with Crippen molar-refractivity contribution in [1.29, 1.82) is 0 Å². The monoisotopic (exact) mass is 243 g/mol. The van der Waals surface area contributed by atoms with Gasteiger partial charge in [0.05, 0.1) is 7.11 Å². The van der Waals surface area contributed by atoms with E-state index in [0.29, 0.717) is 0 Å². The van der Waals surface area contributed by atoms with E-state index in [9.17, 15) is 0 Å². The van der Waals surface area contributed by atoms with Crippen LogP contribution in [0, 0.1) is 6.92 Å². The molecule has 1 aromatic rings. The highest BCUT2D eigenvalue weighted by Gasteiger charge is 2.08. The smallest absolute Gasteiger partial charge is 0.124 e. The van der Waals surface area contributed by atoms with E-state index >= 15 is 0 Å². The van der Waals surface area contributed by atoms with Crippen LogP contribution in [0.4, 0.5) is 0 Å². The molecule has 0 fully saturated rings. The van der Waals surface area contributed by atoms with E-state index in [0.717, 1.165) is 16.8 Å². The summed E-state index contributed by atoms with van der Waals surface area (Å²) < 4.78 is 6.39. The Morgan fingerprint density at radius 2 is 2.15 bits per heavy atom. The number of hydrogen-bond donors (Lipinski definition) is 1. The number of aryl methyl sites for hydroxylation is 1. The van der Waals surface area contributed by atoms with Crippen LogP contribution in [0.25, 0.3) is 0 Å². The number of hydrogen-bond acceptors (Lipinski definition) is 2. The number of nitrogens with one attached hydrogen (secondary N) is 1. The van der Waals surface area contributed by atoms with E-state index in [1.165, 1.54) is 11.1 Å². The molecule has 0 aliphatic rings. The first-order valence-corrected chi connectivity index (χ1v) is 4.96. The average Bonchev–Trinajstić information content (AvgIpc) is 2.14. The van der Waals surface area contributed by atoms with E-state index in [2.05, 4.69) is 28.2 Å². The number of rotatable bonds is 3. The van der Waals surface area contributed by atoms with Crippen LogP contribution in [0.3, 0.4) is 0 Å². The topological polar surface area (TPSA) is 21.3 Å². The molecule has 72 valence electrons. The molecule has 13 heavy (non-hydrogen) atoms. The minimum Gasteiger partial charge on any atom is -0.496 e. The Bertz CT molecular complexity index is 299. The lowest BCUT2D eigenvalue weighted by molar-refractivity contribution is 0.408. The standard InChI is InChI=1S/C10H14BrNO/c1-7-4-5-9(13-3)8(6-12-2)10(7)11/h4-5,12H,6H2,1-3H3. The fourth-order valence-electron chi connectivity index (χ4n) is 1.25. The summed E-state index contributed by atoms with van der Waals surface area (Å²) in [6.07, 6.45) is 0. The van der Waals surface area contributed by atoms with Crippen molar-refractivity contribution < 1.29 is 4.74 Å². The van der Waals surface area contributed by atoms with Gasteiger partial charge in [-0.15, -0.1) is 0 Å². The first-order chi connectivity index (χ1) is 6.20. The van der Waals surface area contributed by atoms with Gasteiger partial charge in [0, 0.05) is 16.6 Å². The molecule has 0 aromatic heterocycles. The summed E-state index contributed by atoms with van der Waals surface area (Å²) in [5.41, 5.74) is 2.40. The van der Waals surface area contributed by atoms with Crippen LogP contribution in [-0.4, -0.2) is 14.2 Å². The second-order valence-electron chi connectivity index (χ2n) is 2.91. The Morgan fingerprint density at radius 1 is 1.46 bits per heavy atom. The van der Waals surface area contributed by atoms with Crippen molar-refractivity contribution in [1.82, 2.24) is 5.32 Å². The molecule has 0 saturated heterocycles. The summed E-state index contributed by atoms with van der Waals surface area (Å²) >= 11 is 3.55. The minimum absolute atomic E-state index is 0.811. The molecule has 0 bridgehead atoms. The molecule has 0 unspecified atom stereocenters. The van der Waals surface area contributed by atoms with Gasteiger partial charge in [-0.3, -0.25) is 0 Å². The van der Waals surface area contributed by atoms with Crippen molar-refractivity contribution in [2.24, 2.45) is 0 Å². The first-order valence-electron chi connectivity index (χ1n) is 4.17. The molecule has 0 heterocycles. The summed E-state index contributed by atoms with van der Waals surface area (Å²) in [7, 11) is 3.62. The molecule has 0 atom stereocenters. The maximum absolute atomic E-state index is 5.26. The predicted octanol–water partition coefficient (Wildman–Crippen LogP) is 2.49. The molecule has 0 spiro atoms. The van der Waals surface area contributed by atoms with Crippen LogP contribution >= 0.6 is 15.9 Å². The molecule has 3 heteroatoms. The van der Waals surface area contributed by atoms with E-state index in [-0.39, 0.29) is 0 Å². The first kappa shape index (κ1) is 10.5. The second kappa shape index (κ2) is 4.63. The largest absolute Gasteiger partial charge is 0.496 e. The minimum atomic E-state index is 0.811. The lowest BCUT2D eigenvalue weighted by Gasteiger charge is -2.11. The number of halogens is 1. The molecule has 0 aliphatic heterocycles. The third kappa shape index (κ3) is 2.23. The van der Waals surface area contributed by atoms with Crippen molar-refractivity contribution in [2.45, 2.75) is 13.5 Å². The fourth-order valence-corrected chi connectivity index (χ4v) is 1.72. The Balaban J connectivity index is 3.15. The Labute approximate surface area is 87.4 Å². The SMILES string of the molecule is CNCc1c(OC)ccc(C)c1Br. The number of benzene rings is 1. The Kier molecular flexibility index (Phi) is 3.75. The van der Waals surface area contributed by atoms with Gasteiger partial charge in [-0.2, -0.15) is 0 Å². The third-order valence-electron chi connectivity index (χ3n) is 1.97. The lowest BCUT2D eigenvalue weighted by Crippen LogP contribution is -2.07. The quantitative estimate of drug-likeness (QED) is 0.881. The molecular formula is C10H14BrNO. The maximum atomic E-state index is 5.26. The van der Waals surface area contributed by atoms with E-state index in [1.54, 1.807) is 7.11 Å². The zero-order valence-electron chi connectivity index (χ0n) is 8.15. The molecule has 2 nitrogen and oxygen atoms in total. The zero-order chi connectivity index (χ0) is 9.84.